The molecule has 0 saturated heterocycles. The number of pyridine rings is 1. The van der Waals surface area contributed by atoms with Crippen molar-refractivity contribution < 1.29 is 0 Å². The van der Waals surface area contributed by atoms with Gasteiger partial charge in [0.1, 0.15) is 11.6 Å². The molecule has 2 aromatic heterocycles. The van der Waals surface area contributed by atoms with Crippen molar-refractivity contribution in [3.8, 4) is 0 Å². The Balaban J connectivity index is 0.000000553. The molecule has 124 valence electrons. The molecule has 3 rings (SSSR count). The Morgan fingerprint density at radius 2 is 1.59 bits per heavy atom. The highest BCUT2D eigenvalue weighted by atomic mass is 15.0. The predicted octanol–water partition coefficient (Wildman–Crippen LogP) is 5.08. The second kappa shape index (κ2) is 10.9. The maximum Gasteiger partial charge on any atom is 0.139 e. The first-order chi connectivity index (χ1) is 10.7. The first-order valence-corrected chi connectivity index (χ1v) is 8.54. The lowest BCUT2D eigenvalue weighted by atomic mass is 10.1. The molecule has 22 heavy (non-hydrogen) atoms. The van der Waals surface area contributed by atoms with Crippen molar-refractivity contribution in [1.29, 1.82) is 0 Å². The van der Waals surface area contributed by atoms with Crippen LogP contribution in [0.25, 0.3) is 10.9 Å². The average molecular weight is 304 g/mol. The van der Waals surface area contributed by atoms with Crippen molar-refractivity contribution in [2.75, 3.05) is 11.9 Å². The molecular weight excluding hydrogens is 272 g/mol. The van der Waals surface area contributed by atoms with Gasteiger partial charge in [-0.05, 0) is 19.9 Å². The van der Waals surface area contributed by atoms with Crippen LogP contribution < -0.4 is 5.32 Å². The summed E-state index contributed by atoms with van der Waals surface area (Å²) in [7, 11) is 0. The Bertz CT molecular complexity index is 520. The van der Waals surface area contributed by atoms with E-state index in [0.29, 0.717) is 0 Å². The number of hydrogen-bond acceptors (Lipinski definition) is 4. The van der Waals surface area contributed by atoms with Gasteiger partial charge in [-0.3, -0.25) is 4.98 Å². The third-order valence-corrected chi connectivity index (χ3v) is 2.65. The van der Waals surface area contributed by atoms with Gasteiger partial charge in [0.15, 0.2) is 0 Å². The molecule has 4 heteroatoms. The summed E-state index contributed by atoms with van der Waals surface area (Å²) in [5.41, 5.74) is 3.16. The zero-order valence-corrected chi connectivity index (χ0v) is 15.5. The van der Waals surface area contributed by atoms with Gasteiger partial charge in [0.2, 0.25) is 0 Å². The molecule has 0 radical (unpaired) electrons. The zero-order valence-electron chi connectivity index (χ0n) is 15.5. The third kappa shape index (κ3) is 5.24. The Morgan fingerprint density at radius 3 is 2.18 bits per heavy atom. The fraction of sp³-hybridized carbons (Fsp3) is 0.611. The van der Waals surface area contributed by atoms with Crippen LogP contribution in [0, 0.1) is 13.8 Å². The highest BCUT2D eigenvalue weighted by Gasteiger charge is 2.16. The molecule has 0 bridgehead atoms. The minimum atomic E-state index is 0.809. The monoisotopic (exact) mass is 304 g/mol. The topological polar surface area (TPSA) is 50.7 Å². The van der Waals surface area contributed by atoms with E-state index < -0.39 is 0 Å². The van der Waals surface area contributed by atoms with Crippen molar-refractivity contribution in [1.82, 2.24) is 15.0 Å². The van der Waals surface area contributed by atoms with Gasteiger partial charge in [-0.1, -0.05) is 48.0 Å². The Hall–Kier alpha value is -1.71. The largest absolute Gasteiger partial charge is 0.369 e. The fourth-order valence-electron chi connectivity index (χ4n) is 2.09. The Morgan fingerprint density at radius 1 is 1.00 bits per heavy atom. The van der Waals surface area contributed by atoms with Gasteiger partial charge in [0.25, 0.3) is 0 Å². The van der Waals surface area contributed by atoms with E-state index in [1.54, 1.807) is 0 Å². The van der Waals surface area contributed by atoms with E-state index in [4.69, 9.17) is 0 Å². The molecule has 0 spiro atoms. The second-order valence-electron chi connectivity index (χ2n) is 4.61. The van der Waals surface area contributed by atoms with E-state index in [9.17, 15) is 0 Å². The van der Waals surface area contributed by atoms with Crippen LogP contribution in [-0.2, 0) is 6.42 Å². The van der Waals surface area contributed by atoms with E-state index in [1.807, 2.05) is 47.6 Å². The summed E-state index contributed by atoms with van der Waals surface area (Å²) in [5, 5.41) is 4.39. The van der Waals surface area contributed by atoms with Crippen LogP contribution in [0.4, 0.5) is 5.82 Å². The zero-order chi connectivity index (χ0) is 17.1. The van der Waals surface area contributed by atoms with Crippen LogP contribution in [0.3, 0.4) is 0 Å². The number of rotatable bonds is 0. The smallest absolute Gasteiger partial charge is 0.139 e. The Labute approximate surface area is 135 Å². The summed E-state index contributed by atoms with van der Waals surface area (Å²) in [6, 6.07) is 2.02. The summed E-state index contributed by atoms with van der Waals surface area (Å²) < 4.78 is 0. The number of anilines is 1. The normalized spacial score (nSPS) is 10.9. The summed E-state index contributed by atoms with van der Waals surface area (Å²) in [6.07, 6.45) is 2.21. The first-order valence-electron chi connectivity index (χ1n) is 8.54. The lowest BCUT2D eigenvalue weighted by Gasteiger charge is -2.17. The number of nitrogens with one attached hydrogen (secondary N) is 1. The molecule has 1 aliphatic rings. The minimum Gasteiger partial charge on any atom is -0.369 e. The van der Waals surface area contributed by atoms with Gasteiger partial charge in [0.05, 0.1) is 16.6 Å². The molecule has 3 heterocycles. The predicted molar refractivity (Wildman–Crippen MR) is 97.7 cm³/mol. The summed E-state index contributed by atoms with van der Waals surface area (Å²) in [4.78, 5) is 13.4. The van der Waals surface area contributed by atoms with Gasteiger partial charge in [-0.25, -0.2) is 9.97 Å². The third-order valence-electron chi connectivity index (χ3n) is 2.65. The lowest BCUT2D eigenvalue weighted by molar-refractivity contribution is 0.919. The van der Waals surface area contributed by atoms with E-state index in [0.717, 1.165) is 46.9 Å². The van der Waals surface area contributed by atoms with Gasteiger partial charge < -0.3 is 5.32 Å². The summed E-state index contributed by atoms with van der Waals surface area (Å²) in [5.74, 6) is 1.75. The molecule has 0 saturated carbocycles. The number of hydrogen-bond donors (Lipinski definition) is 1. The molecule has 1 N–H and O–H groups in total. The molecule has 2 aromatic rings. The number of aryl methyl sites for hydroxylation is 2. The van der Waals surface area contributed by atoms with Crippen LogP contribution in [0.5, 0.6) is 0 Å². The second-order valence-corrected chi connectivity index (χ2v) is 4.61. The molecule has 0 aromatic carbocycles. The van der Waals surface area contributed by atoms with Crippen molar-refractivity contribution in [3.05, 3.63) is 23.3 Å². The van der Waals surface area contributed by atoms with Gasteiger partial charge in [-0.2, -0.15) is 0 Å². The van der Waals surface area contributed by atoms with Crippen molar-refractivity contribution in [2.45, 2.75) is 68.2 Å². The standard InChI is InChI=1S/C11H12N4.C3H8.2C2H6/c1-6-5-9-10-8(13-6)3-4-12-11(10)15-7(2)14-9;1-3-2;2*1-2/h5H,3-4H2,1-2H3,(H,12,14,15);3H2,1-2H3;2*1-2H3. The minimum absolute atomic E-state index is 0.809. The van der Waals surface area contributed by atoms with Crippen molar-refractivity contribution >= 4 is 16.7 Å². The van der Waals surface area contributed by atoms with Crippen LogP contribution >= 0.6 is 0 Å². The average Bonchev–Trinajstić information content (AvgIpc) is 2.51. The summed E-state index contributed by atoms with van der Waals surface area (Å²) in [6.45, 7) is 17.1. The molecule has 0 fully saturated rings. The highest BCUT2D eigenvalue weighted by Crippen LogP contribution is 2.27. The van der Waals surface area contributed by atoms with E-state index >= 15 is 0 Å². The molecule has 0 aliphatic carbocycles. The van der Waals surface area contributed by atoms with Crippen molar-refractivity contribution in [2.24, 2.45) is 0 Å². The van der Waals surface area contributed by atoms with Crippen LogP contribution in [0.2, 0.25) is 0 Å². The molecule has 0 atom stereocenters. The van der Waals surface area contributed by atoms with Crippen molar-refractivity contribution in [3.63, 3.8) is 0 Å². The van der Waals surface area contributed by atoms with E-state index in [2.05, 4.69) is 34.1 Å². The molecule has 0 amide bonds. The SMILES string of the molecule is CC.CC.CCC.Cc1cc2nc(C)nc3c2c(n1)CCN3. The van der Waals surface area contributed by atoms with Crippen LogP contribution in [-0.4, -0.2) is 21.5 Å². The number of aromatic nitrogens is 3. The Kier molecular flexibility index (Phi) is 10.1. The van der Waals surface area contributed by atoms with Gasteiger partial charge in [0, 0.05) is 18.7 Å². The maximum absolute atomic E-state index is 4.54. The first kappa shape index (κ1) is 20.3. The molecular formula is C18H32N4. The maximum atomic E-state index is 4.54. The molecule has 4 nitrogen and oxygen atoms in total. The fourth-order valence-corrected chi connectivity index (χ4v) is 2.09. The van der Waals surface area contributed by atoms with E-state index in [1.165, 1.54) is 6.42 Å². The lowest BCUT2D eigenvalue weighted by Crippen LogP contribution is -2.15. The highest BCUT2D eigenvalue weighted by molar-refractivity contribution is 5.92. The van der Waals surface area contributed by atoms with Gasteiger partial charge >= 0.3 is 0 Å². The van der Waals surface area contributed by atoms with E-state index in [-0.39, 0.29) is 0 Å². The van der Waals surface area contributed by atoms with Crippen LogP contribution in [0.15, 0.2) is 6.07 Å². The van der Waals surface area contributed by atoms with Gasteiger partial charge in [-0.15, -0.1) is 0 Å². The molecule has 0 unspecified atom stereocenters. The molecule has 1 aliphatic heterocycles. The number of nitrogens with zero attached hydrogens (tertiary/aromatic N) is 3. The summed E-state index contributed by atoms with van der Waals surface area (Å²) >= 11 is 0. The van der Waals surface area contributed by atoms with Crippen LogP contribution in [0.1, 0.15) is 65.2 Å². The quantitative estimate of drug-likeness (QED) is 0.737.